The lowest BCUT2D eigenvalue weighted by molar-refractivity contribution is 0.222. The van der Waals surface area contributed by atoms with Crippen molar-refractivity contribution < 1.29 is 13.5 Å². The number of hydrogen-bond acceptors (Lipinski definition) is 3. The van der Waals surface area contributed by atoms with Gasteiger partial charge in [-0.15, -0.1) is 0 Å². The van der Waals surface area contributed by atoms with Crippen LogP contribution in [0.1, 0.15) is 25.8 Å². The lowest BCUT2D eigenvalue weighted by Crippen LogP contribution is -2.42. The van der Waals surface area contributed by atoms with Crippen molar-refractivity contribution in [2.45, 2.75) is 31.8 Å². The van der Waals surface area contributed by atoms with Crippen molar-refractivity contribution in [1.29, 1.82) is 0 Å². The molecular weight excluding hydrogens is 333 g/mol. The van der Waals surface area contributed by atoms with Crippen LogP contribution in [0.2, 0.25) is 10.0 Å². The molecule has 0 radical (unpaired) electrons. The van der Waals surface area contributed by atoms with Gasteiger partial charge in [0.25, 0.3) is 0 Å². The third-order valence-electron chi connectivity index (χ3n) is 3.70. The Morgan fingerprint density at radius 1 is 1.24 bits per heavy atom. The van der Waals surface area contributed by atoms with E-state index in [0.717, 1.165) is 6.42 Å². The molecule has 1 aromatic rings. The summed E-state index contributed by atoms with van der Waals surface area (Å²) in [6.07, 6.45) is 1.01. The lowest BCUT2D eigenvalue weighted by atomic mass is 9.94. The van der Waals surface area contributed by atoms with Gasteiger partial charge in [0.05, 0.1) is 11.6 Å². The third-order valence-corrected chi connectivity index (χ3v) is 6.34. The molecule has 0 aromatic heterocycles. The van der Waals surface area contributed by atoms with Crippen molar-refractivity contribution in [3.8, 4) is 0 Å². The predicted octanol–water partition coefficient (Wildman–Crippen LogP) is 3.15. The monoisotopic (exact) mass is 351 g/mol. The van der Waals surface area contributed by atoms with Crippen LogP contribution in [0.4, 0.5) is 0 Å². The van der Waals surface area contributed by atoms with E-state index in [9.17, 15) is 13.5 Å². The highest BCUT2D eigenvalue weighted by Gasteiger charge is 2.33. The van der Waals surface area contributed by atoms with Gasteiger partial charge < -0.3 is 5.11 Å². The summed E-state index contributed by atoms with van der Waals surface area (Å²) in [6, 6.07) is 2.83. The zero-order valence-electron chi connectivity index (χ0n) is 12.0. The Morgan fingerprint density at radius 2 is 1.81 bits per heavy atom. The zero-order valence-corrected chi connectivity index (χ0v) is 14.3. The van der Waals surface area contributed by atoms with E-state index in [1.54, 1.807) is 0 Å². The van der Waals surface area contributed by atoms with Crippen LogP contribution in [0.25, 0.3) is 0 Å². The normalized spacial score (nSPS) is 24.2. The molecule has 4 nitrogen and oxygen atoms in total. The van der Waals surface area contributed by atoms with Gasteiger partial charge in [0.2, 0.25) is 10.0 Å². The van der Waals surface area contributed by atoms with Crippen LogP contribution in [0.3, 0.4) is 0 Å². The second kappa shape index (κ2) is 6.42. The number of sulfonamides is 1. The second-order valence-corrected chi connectivity index (χ2v) is 8.52. The Morgan fingerprint density at radius 3 is 2.33 bits per heavy atom. The van der Waals surface area contributed by atoms with Crippen molar-refractivity contribution >= 4 is 33.2 Å². The van der Waals surface area contributed by atoms with Crippen LogP contribution in [0.5, 0.6) is 0 Å². The zero-order chi connectivity index (χ0) is 15.8. The maximum absolute atomic E-state index is 12.8. The number of aliphatic hydroxyl groups excluding tert-OH is 1. The molecule has 1 N–H and O–H groups in total. The molecule has 0 spiro atoms. The summed E-state index contributed by atoms with van der Waals surface area (Å²) in [4.78, 5) is -0.0259. The van der Waals surface area contributed by atoms with Gasteiger partial charge in [-0.2, -0.15) is 4.31 Å². The SMILES string of the molecule is CC1CC(C)CN(S(=O)(=O)c2cc(Cl)cc(CO)c2Cl)C1. The van der Waals surface area contributed by atoms with Gasteiger partial charge in [-0.1, -0.05) is 37.0 Å². The summed E-state index contributed by atoms with van der Waals surface area (Å²) in [7, 11) is -3.71. The van der Waals surface area contributed by atoms with E-state index in [1.807, 2.05) is 13.8 Å². The van der Waals surface area contributed by atoms with Gasteiger partial charge in [0.1, 0.15) is 4.90 Å². The van der Waals surface area contributed by atoms with E-state index < -0.39 is 10.0 Å². The topological polar surface area (TPSA) is 57.6 Å². The summed E-state index contributed by atoms with van der Waals surface area (Å²) in [5, 5.41) is 9.57. The minimum Gasteiger partial charge on any atom is -0.392 e. The molecule has 2 atom stereocenters. The molecule has 1 aliphatic rings. The highest BCUT2D eigenvalue weighted by Crippen LogP contribution is 2.34. The van der Waals surface area contributed by atoms with Crippen molar-refractivity contribution in [1.82, 2.24) is 4.31 Å². The van der Waals surface area contributed by atoms with E-state index in [1.165, 1.54) is 16.4 Å². The molecule has 1 aromatic carbocycles. The molecule has 21 heavy (non-hydrogen) atoms. The summed E-state index contributed by atoms with van der Waals surface area (Å²) in [5.41, 5.74) is 0.320. The first-order valence-corrected chi connectivity index (χ1v) is 9.04. The number of piperidine rings is 1. The minimum absolute atomic E-state index is 0.0259. The third kappa shape index (κ3) is 3.54. The summed E-state index contributed by atoms with van der Waals surface area (Å²) >= 11 is 12.1. The first-order valence-electron chi connectivity index (χ1n) is 6.84. The summed E-state index contributed by atoms with van der Waals surface area (Å²) in [5.74, 6) is 0.609. The van der Waals surface area contributed by atoms with Gasteiger partial charge in [-0.25, -0.2) is 8.42 Å². The number of nitrogens with zero attached hydrogens (tertiary/aromatic N) is 1. The quantitative estimate of drug-likeness (QED) is 0.909. The fraction of sp³-hybridized carbons (Fsp3) is 0.571. The first-order chi connectivity index (χ1) is 9.75. The van der Waals surface area contributed by atoms with Crippen molar-refractivity contribution in [2.24, 2.45) is 11.8 Å². The average molecular weight is 352 g/mol. The summed E-state index contributed by atoms with van der Waals surface area (Å²) < 4.78 is 27.1. The molecule has 2 rings (SSSR count). The largest absolute Gasteiger partial charge is 0.392 e. The van der Waals surface area contributed by atoms with Crippen molar-refractivity contribution in [3.63, 3.8) is 0 Å². The fourth-order valence-electron chi connectivity index (χ4n) is 2.86. The van der Waals surface area contributed by atoms with E-state index >= 15 is 0 Å². The molecule has 2 unspecified atom stereocenters. The number of benzene rings is 1. The molecule has 0 amide bonds. The van der Waals surface area contributed by atoms with E-state index in [2.05, 4.69) is 0 Å². The Bertz CT molecular complexity index is 623. The van der Waals surface area contributed by atoms with Gasteiger partial charge in [-0.3, -0.25) is 0 Å². The highest BCUT2D eigenvalue weighted by atomic mass is 35.5. The minimum atomic E-state index is -3.71. The molecular formula is C14H19Cl2NO3S. The molecule has 7 heteroatoms. The maximum atomic E-state index is 12.8. The smallest absolute Gasteiger partial charge is 0.244 e. The van der Waals surface area contributed by atoms with Crippen LogP contribution >= 0.6 is 23.2 Å². The average Bonchev–Trinajstić information content (AvgIpc) is 2.39. The van der Waals surface area contributed by atoms with Gasteiger partial charge in [0, 0.05) is 18.1 Å². The molecule has 1 fully saturated rings. The number of rotatable bonds is 3. The Hall–Kier alpha value is -0.330. The molecule has 0 bridgehead atoms. The summed E-state index contributed by atoms with van der Waals surface area (Å²) in [6.45, 7) is 4.68. The lowest BCUT2D eigenvalue weighted by Gasteiger charge is -2.34. The molecule has 118 valence electrons. The molecule has 1 saturated heterocycles. The van der Waals surface area contributed by atoms with Crippen molar-refractivity contribution in [3.05, 3.63) is 27.7 Å². The fourth-order valence-corrected chi connectivity index (χ4v) is 5.44. The maximum Gasteiger partial charge on any atom is 0.244 e. The van der Waals surface area contributed by atoms with E-state index in [0.29, 0.717) is 30.5 Å². The van der Waals surface area contributed by atoms with Crippen LogP contribution in [0.15, 0.2) is 17.0 Å². The molecule has 0 aliphatic carbocycles. The number of hydrogen-bond donors (Lipinski definition) is 1. The Kier molecular flexibility index (Phi) is 5.21. The van der Waals surface area contributed by atoms with Gasteiger partial charge >= 0.3 is 0 Å². The van der Waals surface area contributed by atoms with Crippen molar-refractivity contribution in [2.75, 3.05) is 13.1 Å². The first kappa shape index (κ1) is 17.0. The molecule has 1 aliphatic heterocycles. The van der Waals surface area contributed by atoms with Crippen LogP contribution in [-0.2, 0) is 16.6 Å². The number of halogens is 2. The number of aliphatic hydroxyl groups is 1. The van der Waals surface area contributed by atoms with Crippen LogP contribution < -0.4 is 0 Å². The molecule has 0 saturated carbocycles. The Labute approximate surface area is 135 Å². The highest BCUT2D eigenvalue weighted by molar-refractivity contribution is 7.89. The second-order valence-electron chi connectivity index (χ2n) is 5.80. The van der Waals surface area contributed by atoms with Gasteiger partial charge in [-0.05, 0) is 36.0 Å². The van der Waals surface area contributed by atoms with E-state index in [-0.39, 0.29) is 21.5 Å². The standard InChI is InChI=1S/C14H19Cl2NO3S/c1-9-3-10(2)7-17(6-9)21(19,20)13-5-12(15)4-11(8-18)14(13)16/h4-5,9-10,18H,3,6-8H2,1-2H3. The van der Waals surface area contributed by atoms with E-state index in [4.69, 9.17) is 23.2 Å². The van der Waals surface area contributed by atoms with Crippen LogP contribution in [0, 0.1) is 11.8 Å². The van der Waals surface area contributed by atoms with Crippen LogP contribution in [-0.4, -0.2) is 30.9 Å². The Balaban J connectivity index is 2.47. The molecule has 1 heterocycles. The van der Waals surface area contributed by atoms with Gasteiger partial charge in [0.15, 0.2) is 0 Å². The predicted molar refractivity (Wildman–Crippen MR) is 84.1 cm³/mol.